The summed E-state index contributed by atoms with van der Waals surface area (Å²) in [5.41, 5.74) is 1.73. The van der Waals surface area contributed by atoms with Gasteiger partial charge in [0.15, 0.2) is 6.10 Å². The first-order valence-electron chi connectivity index (χ1n) is 9.00. The van der Waals surface area contributed by atoms with Gasteiger partial charge in [0.2, 0.25) is 0 Å². The summed E-state index contributed by atoms with van der Waals surface area (Å²) in [5.74, 6) is -0.368. The van der Waals surface area contributed by atoms with Crippen molar-refractivity contribution in [2.24, 2.45) is 0 Å². The van der Waals surface area contributed by atoms with Crippen LogP contribution in [0.25, 0.3) is 0 Å². The summed E-state index contributed by atoms with van der Waals surface area (Å²) in [4.78, 5) is 24.4. The number of para-hydroxylation sites is 1. The summed E-state index contributed by atoms with van der Waals surface area (Å²) in [6.07, 6.45) is 7.02. The zero-order valence-electron chi connectivity index (χ0n) is 15.0. The number of nitrogens with one attached hydrogen (secondary N) is 1. The maximum atomic E-state index is 12.3. The predicted octanol–water partition coefficient (Wildman–Crippen LogP) is 3.64. The highest BCUT2D eigenvalue weighted by Gasteiger charge is 2.21. The standard InChI is InChI=1S/C20H27NO4/c1-3-24-18-12-8-7-11-17(18)20(23)25-15(2)19(22)21-14-13-16-9-5-4-6-10-16/h7-9,11-12,15H,3-6,10,13-14H2,1-2H3,(H,21,22)/t15-/m0/s1. The van der Waals surface area contributed by atoms with E-state index >= 15 is 0 Å². The SMILES string of the molecule is CCOc1ccccc1C(=O)O[C@@H](C)C(=O)NCCC1=CCCCC1. The van der Waals surface area contributed by atoms with Crippen molar-refractivity contribution in [2.45, 2.75) is 52.1 Å². The Morgan fingerprint density at radius 2 is 2.04 bits per heavy atom. The first kappa shape index (κ1) is 19.0. The molecule has 0 heterocycles. The van der Waals surface area contributed by atoms with Crippen LogP contribution in [0.2, 0.25) is 0 Å². The van der Waals surface area contributed by atoms with E-state index in [9.17, 15) is 9.59 Å². The number of carbonyl (C=O) groups is 2. The van der Waals surface area contributed by atoms with E-state index in [-0.39, 0.29) is 5.91 Å². The largest absolute Gasteiger partial charge is 0.493 e. The number of hydrogen-bond acceptors (Lipinski definition) is 4. The molecule has 1 atom stereocenters. The van der Waals surface area contributed by atoms with E-state index in [4.69, 9.17) is 9.47 Å². The van der Waals surface area contributed by atoms with Crippen LogP contribution in [0.15, 0.2) is 35.9 Å². The van der Waals surface area contributed by atoms with Gasteiger partial charge in [-0.15, -0.1) is 0 Å². The van der Waals surface area contributed by atoms with Gasteiger partial charge in [-0.25, -0.2) is 4.79 Å². The van der Waals surface area contributed by atoms with Gasteiger partial charge in [0.05, 0.1) is 6.61 Å². The van der Waals surface area contributed by atoms with E-state index in [0.717, 1.165) is 19.3 Å². The zero-order chi connectivity index (χ0) is 18.1. The maximum absolute atomic E-state index is 12.3. The molecule has 0 fully saturated rings. The van der Waals surface area contributed by atoms with Crippen molar-refractivity contribution < 1.29 is 19.1 Å². The topological polar surface area (TPSA) is 64.6 Å². The molecule has 1 aliphatic rings. The highest BCUT2D eigenvalue weighted by atomic mass is 16.5. The molecule has 25 heavy (non-hydrogen) atoms. The quantitative estimate of drug-likeness (QED) is 0.577. The second-order valence-corrected chi connectivity index (χ2v) is 6.13. The van der Waals surface area contributed by atoms with Gasteiger partial charge in [0.1, 0.15) is 11.3 Å². The second-order valence-electron chi connectivity index (χ2n) is 6.13. The van der Waals surface area contributed by atoms with Crippen molar-refractivity contribution in [2.75, 3.05) is 13.2 Å². The Hall–Kier alpha value is -2.30. The highest BCUT2D eigenvalue weighted by Crippen LogP contribution is 2.20. The van der Waals surface area contributed by atoms with E-state index in [2.05, 4.69) is 11.4 Å². The van der Waals surface area contributed by atoms with Crippen molar-refractivity contribution in [3.8, 4) is 5.75 Å². The minimum Gasteiger partial charge on any atom is -0.493 e. The number of ether oxygens (including phenoxy) is 2. The maximum Gasteiger partial charge on any atom is 0.342 e. The van der Waals surface area contributed by atoms with Crippen molar-refractivity contribution in [3.05, 3.63) is 41.5 Å². The number of allylic oxidation sites excluding steroid dienone is 1. The second kappa shape index (κ2) is 9.87. The van der Waals surface area contributed by atoms with Crippen molar-refractivity contribution >= 4 is 11.9 Å². The summed E-state index contributed by atoms with van der Waals surface area (Å²) >= 11 is 0. The molecule has 5 nitrogen and oxygen atoms in total. The Morgan fingerprint density at radius 1 is 1.24 bits per heavy atom. The lowest BCUT2D eigenvalue weighted by Gasteiger charge is -2.16. The molecule has 1 aliphatic carbocycles. The third-order valence-electron chi connectivity index (χ3n) is 4.19. The molecule has 1 amide bonds. The molecule has 0 unspecified atom stereocenters. The number of hydrogen-bond donors (Lipinski definition) is 1. The normalized spacial score (nSPS) is 15.0. The van der Waals surface area contributed by atoms with Crippen LogP contribution in [0.3, 0.4) is 0 Å². The number of rotatable bonds is 8. The third kappa shape index (κ3) is 5.93. The number of carbonyl (C=O) groups excluding carboxylic acids is 2. The Balaban J connectivity index is 1.81. The number of esters is 1. The van der Waals surface area contributed by atoms with Crippen LogP contribution in [0.4, 0.5) is 0 Å². The first-order valence-corrected chi connectivity index (χ1v) is 9.00. The molecule has 0 radical (unpaired) electrons. The fourth-order valence-electron chi connectivity index (χ4n) is 2.82. The van der Waals surface area contributed by atoms with Crippen LogP contribution >= 0.6 is 0 Å². The average Bonchev–Trinajstić information content (AvgIpc) is 2.63. The lowest BCUT2D eigenvalue weighted by Crippen LogP contribution is -2.36. The summed E-state index contributed by atoms with van der Waals surface area (Å²) in [5, 5.41) is 2.84. The molecule has 1 aromatic carbocycles. The lowest BCUT2D eigenvalue weighted by molar-refractivity contribution is -0.129. The molecule has 0 saturated carbocycles. The molecule has 136 valence electrons. The van der Waals surface area contributed by atoms with E-state index in [1.54, 1.807) is 31.2 Å². The molecule has 1 N–H and O–H groups in total. The van der Waals surface area contributed by atoms with Gasteiger partial charge < -0.3 is 14.8 Å². The van der Waals surface area contributed by atoms with E-state index in [0.29, 0.717) is 24.5 Å². The van der Waals surface area contributed by atoms with Crippen LogP contribution in [-0.2, 0) is 9.53 Å². The molecule has 0 spiro atoms. The summed E-state index contributed by atoms with van der Waals surface area (Å²) in [7, 11) is 0. The zero-order valence-corrected chi connectivity index (χ0v) is 15.0. The van der Waals surface area contributed by atoms with Crippen LogP contribution in [-0.4, -0.2) is 31.1 Å². The van der Waals surface area contributed by atoms with Crippen LogP contribution in [0.1, 0.15) is 56.3 Å². The monoisotopic (exact) mass is 345 g/mol. The predicted molar refractivity (Wildman–Crippen MR) is 96.7 cm³/mol. The molecule has 0 bridgehead atoms. The lowest BCUT2D eigenvalue weighted by atomic mass is 9.97. The van der Waals surface area contributed by atoms with E-state index in [1.165, 1.54) is 18.4 Å². The Bertz CT molecular complexity index is 624. The molecular weight excluding hydrogens is 318 g/mol. The average molecular weight is 345 g/mol. The van der Waals surface area contributed by atoms with Gasteiger partial charge in [-0.3, -0.25) is 4.79 Å². The summed E-state index contributed by atoms with van der Waals surface area (Å²) < 4.78 is 10.7. The molecule has 0 aliphatic heterocycles. The third-order valence-corrected chi connectivity index (χ3v) is 4.19. The Morgan fingerprint density at radius 3 is 2.76 bits per heavy atom. The molecule has 0 aromatic heterocycles. The molecular formula is C20H27NO4. The van der Waals surface area contributed by atoms with E-state index in [1.807, 2.05) is 6.92 Å². The number of amides is 1. The van der Waals surface area contributed by atoms with Gasteiger partial charge in [-0.1, -0.05) is 23.8 Å². The minimum absolute atomic E-state index is 0.279. The first-order chi connectivity index (χ1) is 12.1. The fraction of sp³-hybridized carbons (Fsp3) is 0.500. The van der Waals surface area contributed by atoms with Crippen LogP contribution in [0, 0.1) is 0 Å². The van der Waals surface area contributed by atoms with Gasteiger partial charge in [-0.05, 0) is 58.1 Å². The number of benzene rings is 1. The van der Waals surface area contributed by atoms with Crippen molar-refractivity contribution in [1.82, 2.24) is 5.32 Å². The molecule has 2 rings (SSSR count). The fourth-order valence-corrected chi connectivity index (χ4v) is 2.82. The smallest absolute Gasteiger partial charge is 0.342 e. The summed E-state index contributed by atoms with van der Waals surface area (Å²) in [6.45, 7) is 4.45. The molecule has 1 aromatic rings. The minimum atomic E-state index is -0.845. The Kier molecular flexibility index (Phi) is 7.51. The van der Waals surface area contributed by atoms with Crippen LogP contribution in [0.5, 0.6) is 5.75 Å². The Labute approximate surface area is 149 Å². The summed E-state index contributed by atoms with van der Waals surface area (Å²) in [6, 6.07) is 6.87. The molecule has 0 saturated heterocycles. The van der Waals surface area contributed by atoms with Gasteiger partial charge in [0.25, 0.3) is 5.91 Å². The van der Waals surface area contributed by atoms with Crippen molar-refractivity contribution in [3.63, 3.8) is 0 Å². The van der Waals surface area contributed by atoms with E-state index < -0.39 is 12.1 Å². The van der Waals surface area contributed by atoms with Gasteiger partial charge in [-0.2, -0.15) is 0 Å². The highest BCUT2D eigenvalue weighted by molar-refractivity contribution is 5.94. The van der Waals surface area contributed by atoms with Gasteiger partial charge in [0, 0.05) is 6.54 Å². The van der Waals surface area contributed by atoms with Crippen molar-refractivity contribution in [1.29, 1.82) is 0 Å². The molecule has 5 heteroatoms. The van der Waals surface area contributed by atoms with Gasteiger partial charge >= 0.3 is 5.97 Å². The van der Waals surface area contributed by atoms with Crippen LogP contribution < -0.4 is 10.1 Å².